The van der Waals surface area contributed by atoms with E-state index in [-0.39, 0.29) is 17.9 Å². The number of nitrogens with zero attached hydrogens (tertiary/aromatic N) is 1. The first-order chi connectivity index (χ1) is 16.6. The zero-order valence-corrected chi connectivity index (χ0v) is 20.5. The lowest BCUT2D eigenvalue weighted by molar-refractivity contribution is -0.123. The van der Waals surface area contributed by atoms with Crippen LogP contribution in [0.4, 0.5) is 0 Å². The number of carbonyl (C=O) groups excluding carboxylic acids is 1. The predicted molar refractivity (Wildman–Crippen MR) is 138 cm³/mol. The van der Waals surface area contributed by atoms with Gasteiger partial charge in [0.25, 0.3) is 0 Å². The van der Waals surface area contributed by atoms with Crippen LogP contribution < -0.4 is 15.4 Å². The summed E-state index contributed by atoms with van der Waals surface area (Å²) in [5, 5.41) is 6.69. The summed E-state index contributed by atoms with van der Waals surface area (Å²) < 4.78 is 5.96. The number of ether oxygens (including phenoxy) is 1. The summed E-state index contributed by atoms with van der Waals surface area (Å²) in [7, 11) is 0. The second-order valence-corrected chi connectivity index (χ2v) is 8.92. The third-order valence-corrected chi connectivity index (χ3v) is 5.99. The molecule has 0 aliphatic rings. The van der Waals surface area contributed by atoms with Gasteiger partial charge in [0.1, 0.15) is 5.75 Å². The van der Waals surface area contributed by atoms with Crippen LogP contribution in [0.15, 0.2) is 79.0 Å². The van der Waals surface area contributed by atoms with Crippen LogP contribution in [0, 0.1) is 5.92 Å². The van der Waals surface area contributed by atoms with Crippen molar-refractivity contribution in [3.05, 3.63) is 95.8 Å². The van der Waals surface area contributed by atoms with Crippen LogP contribution in [0.3, 0.4) is 0 Å². The van der Waals surface area contributed by atoms with Crippen molar-refractivity contribution in [2.75, 3.05) is 13.2 Å². The lowest BCUT2D eigenvalue weighted by Crippen LogP contribution is -2.37. The van der Waals surface area contributed by atoms with Gasteiger partial charge in [-0.25, -0.2) is 0 Å². The molecule has 1 unspecified atom stereocenters. The standard InChI is InChI=1S/C29H37N3O2/c1-4-10-22(2)21-34-27-16-14-25(15-17-27)28(20-30-19-26-13-8-9-18-31-26)32-29(33)23(3)24-11-6-5-7-12-24/h5-9,11-18,22-23,28,30H,4,10,19-21H2,1-3H3,(H,32,33)/t22-,23+,28?/m1/s1. The van der Waals surface area contributed by atoms with Crippen molar-refractivity contribution in [1.82, 2.24) is 15.6 Å². The molecule has 0 fully saturated rings. The third kappa shape index (κ3) is 7.99. The van der Waals surface area contributed by atoms with Gasteiger partial charge in [-0.05, 0) is 54.7 Å². The molecule has 0 saturated carbocycles. The first kappa shape index (κ1) is 25.4. The van der Waals surface area contributed by atoms with Crippen LogP contribution in [0.1, 0.15) is 62.4 Å². The molecule has 3 atom stereocenters. The highest BCUT2D eigenvalue weighted by Gasteiger charge is 2.20. The van der Waals surface area contributed by atoms with E-state index in [4.69, 9.17) is 4.74 Å². The summed E-state index contributed by atoms with van der Waals surface area (Å²) in [6, 6.07) is 23.6. The molecule has 3 aromatic rings. The number of carbonyl (C=O) groups is 1. The largest absolute Gasteiger partial charge is 0.493 e. The first-order valence-corrected chi connectivity index (χ1v) is 12.3. The van der Waals surface area contributed by atoms with Crippen molar-refractivity contribution in [2.45, 2.75) is 52.1 Å². The third-order valence-electron chi connectivity index (χ3n) is 5.99. The number of pyridine rings is 1. The molecule has 1 amide bonds. The van der Waals surface area contributed by atoms with Crippen molar-refractivity contribution < 1.29 is 9.53 Å². The number of nitrogens with one attached hydrogen (secondary N) is 2. The highest BCUT2D eigenvalue weighted by Crippen LogP contribution is 2.21. The van der Waals surface area contributed by atoms with Gasteiger partial charge in [-0.15, -0.1) is 0 Å². The molecule has 2 aromatic carbocycles. The van der Waals surface area contributed by atoms with Gasteiger partial charge in [0, 0.05) is 19.3 Å². The normalized spacial score (nSPS) is 13.6. The molecule has 0 aliphatic heterocycles. The Hall–Kier alpha value is -3.18. The minimum Gasteiger partial charge on any atom is -0.493 e. The van der Waals surface area contributed by atoms with Crippen LogP contribution in [0.5, 0.6) is 5.75 Å². The van der Waals surface area contributed by atoms with Crippen molar-refractivity contribution in [2.24, 2.45) is 5.92 Å². The van der Waals surface area contributed by atoms with Crippen LogP contribution in [0.25, 0.3) is 0 Å². The van der Waals surface area contributed by atoms with Gasteiger partial charge in [-0.3, -0.25) is 9.78 Å². The average molecular weight is 460 g/mol. The van der Waals surface area contributed by atoms with E-state index in [1.165, 1.54) is 0 Å². The fourth-order valence-electron chi connectivity index (χ4n) is 3.90. The van der Waals surface area contributed by atoms with E-state index in [2.05, 4.69) is 29.5 Å². The second-order valence-electron chi connectivity index (χ2n) is 8.92. The quantitative estimate of drug-likeness (QED) is 0.347. The monoisotopic (exact) mass is 459 g/mol. The van der Waals surface area contributed by atoms with Gasteiger partial charge in [-0.2, -0.15) is 0 Å². The Morgan fingerprint density at radius 2 is 1.68 bits per heavy atom. The SMILES string of the molecule is CCC[C@@H](C)COc1ccc(C(CNCc2ccccn2)NC(=O)[C@@H](C)c2ccccc2)cc1. The average Bonchev–Trinajstić information content (AvgIpc) is 2.88. The summed E-state index contributed by atoms with van der Waals surface area (Å²) in [4.78, 5) is 17.5. The Balaban J connectivity index is 1.66. The Morgan fingerprint density at radius 1 is 0.941 bits per heavy atom. The molecule has 0 bridgehead atoms. The van der Waals surface area contributed by atoms with Crippen molar-refractivity contribution in [3.63, 3.8) is 0 Å². The van der Waals surface area contributed by atoms with Gasteiger partial charge in [-0.1, -0.05) is 68.8 Å². The molecule has 0 aliphatic carbocycles. The highest BCUT2D eigenvalue weighted by atomic mass is 16.5. The van der Waals surface area contributed by atoms with E-state index in [0.717, 1.165) is 35.4 Å². The molecular weight excluding hydrogens is 422 g/mol. The fraction of sp³-hybridized carbons (Fsp3) is 0.379. The maximum Gasteiger partial charge on any atom is 0.227 e. The van der Waals surface area contributed by atoms with E-state index < -0.39 is 0 Å². The van der Waals surface area contributed by atoms with Crippen molar-refractivity contribution in [3.8, 4) is 5.75 Å². The summed E-state index contributed by atoms with van der Waals surface area (Å²) in [6.07, 6.45) is 4.11. The fourth-order valence-corrected chi connectivity index (χ4v) is 3.90. The zero-order chi connectivity index (χ0) is 24.2. The molecule has 0 saturated heterocycles. The van der Waals surface area contributed by atoms with Gasteiger partial charge in [0.05, 0.1) is 24.3 Å². The number of rotatable bonds is 13. The smallest absolute Gasteiger partial charge is 0.227 e. The molecule has 5 nitrogen and oxygen atoms in total. The topological polar surface area (TPSA) is 63.2 Å². The Bertz CT molecular complexity index is 977. The first-order valence-electron chi connectivity index (χ1n) is 12.3. The second kappa shape index (κ2) is 13.5. The number of aromatic nitrogens is 1. The minimum absolute atomic E-state index is 0.00422. The van der Waals surface area contributed by atoms with Crippen molar-refractivity contribution in [1.29, 1.82) is 0 Å². The van der Waals surface area contributed by atoms with Crippen LogP contribution >= 0.6 is 0 Å². The zero-order valence-electron chi connectivity index (χ0n) is 20.5. The predicted octanol–water partition coefficient (Wildman–Crippen LogP) is 5.65. The molecule has 34 heavy (non-hydrogen) atoms. The summed E-state index contributed by atoms with van der Waals surface area (Å²) in [6.45, 7) is 8.30. The molecule has 0 spiro atoms. The number of amides is 1. The molecule has 2 N–H and O–H groups in total. The molecule has 1 aromatic heterocycles. The number of benzene rings is 2. The van der Waals surface area contributed by atoms with E-state index in [1.54, 1.807) is 6.20 Å². The molecule has 180 valence electrons. The van der Waals surface area contributed by atoms with Crippen LogP contribution in [-0.4, -0.2) is 24.0 Å². The Morgan fingerprint density at radius 3 is 2.35 bits per heavy atom. The molecule has 3 rings (SSSR count). The van der Waals surface area contributed by atoms with E-state index in [9.17, 15) is 4.79 Å². The summed E-state index contributed by atoms with van der Waals surface area (Å²) in [5.41, 5.74) is 3.01. The molecule has 5 heteroatoms. The highest BCUT2D eigenvalue weighted by molar-refractivity contribution is 5.83. The summed E-state index contributed by atoms with van der Waals surface area (Å²) >= 11 is 0. The lowest BCUT2D eigenvalue weighted by atomic mass is 9.99. The number of hydrogen-bond acceptors (Lipinski definition) is 4. The molecular formula is C29H37N3O2. The minimum atomic E-state index is -0.234. The maximum atomic E-state index is 13.1. The summed E-state index contributed by atoms with van der Waals surface area (Å²) in [5.74, 6) is 1.16. The van der Waals surface area contributed by atoms with E-state index in [1.807, 2.05) is 79.7 Å². The Kier molecular flexibility index (Phi) is 10.1. The van der Waals surface area contributed by atoms with Gasteiger partial charge in [0.15, 0.2) is 0 Å². The van der Waals surface area contributed by atoms with Crippen LogP contribution in [-0.2, 0) is 11.3 Å². The Labute approximate surface area is 204 Å². The van der Waals surface area contributed by atoms with Crippen molar-refractivity contribution >= 4 is 5.91 Å². The van der Waals surface area contributed by atoms with E-state index >= 15 is 0 Å². The molecule has 0 radical (unpaired) electrons. The van der Waals surface area contributed by atoms with Gasteiger partial charge < -0.3 is 15.4 Å². The number of hydrogen-bond donors (Lipinski definition) is 2. The van der Waals surface area contributed by atoms with Gasteiger partial charge in [0.2, 0.25) is 5.91 Å². The lowest BCUT2D eigenvalue weighted by Gasteiger charge is -2.23. The molecule has 1 heterocycles. The van der Waals surface area contributed by atoms with E-state index in [0.29, 0.717) is 25.6 Å². The van der Waals surface area contributed by atoms with Gasteiger partial charge >= 0.3 is 0 Å². The van der Waals surface area contributed by atoms with Crippen LogP contribution in [0.2, 0.25) is 0 Å². The maximum absolute atomic E-state index is 13.1.